The van der Waals surface area contributed by atoms with Crippen molar-refractivity contribution in [2.45, 2.75) is 68.7 Å². The van der Waals surface area contributed by atoms with Crippen LogP contribution < -0.4 is 4.74 Å². The Kier molecular flexibility index (Phi) is 7.33. The van der Waals surface area contributed by atoms with Gasteiger partial charge in [0.2, 0.25) is 12.2 Å². The quantitative estimate of drug-likeness (QED) is 0.568. The third kappa shape index (κ3) is 5.48. The molecule has 0 spiro atoms. The number of ether oxygens (including phenoxy) is 2. The molecule has 2 N–H and O–H groups in total. The molecule has 1 saturated heterocycles. The molecule has 0 radical (unpaired) electrons. The lowest BCUT2D eigenvalue weighted by atomic mass is 10.0. The molecule has 1 aliphatic rings. The molecule has 0 bridgehead atoms. The third-order valence-electron chi connectivity index (χ3n) is 4.83. The average Bonchev–Trinajstić information content (AvgIpc) is 3.00. The molecule has 0 unspecified atom stereocenters. The van der Waals surface area contributed by atoms with Gasteiger partial charge in [0.15, 0.2) is 0 Å². The van der Waals surface area contributed by atoms with Gasteiger partial charge in [-0.1, -0.05) is 19.1 Å². The SMILES string of the molecule is CCCn1nc(O[C@H]2C[C@@H](O)C[C@@H](CO)O2)c(Cc2ccc(S)cc2)c1C(F)(F)F. The van der Waals surface area contributed by atoms with E-state index in [4.69, 9.17) is 9.47 Å². The fourth-order valence-electron chi connectivity index (χ4n) is 3.51. The van der Waals surface area contributed by atoms with Crippen LogP contribution in [0.3, 0.4) is 0 Å². The minimum atomic E-state index is -4.62. The molecule has 10 heteroatoms. The summed E-state index contributed by atoms with van der Waals surface area (Å²) in [4.78, 5) is 0.701. The summed E-state index contributed by atoms with van der Waals surface area (Å²) in [6.45, 7) is 1.52. The highest BCUT2D eigenvalue weighted by atomic mass is 32.1. The number of hydrogen-bond acceptors (Lipinski definition) is 6. The highest BCUT2D eigenvalue weighted by molar-refractivity contribution is 7.80. The Hall–Kier alpha value is -1.75. The Morgan fingerprint density at radius 1 is 1.27 bits per heavy atom. The number of thiol groups is 1. The van der Waals surface area contributed by atoms with Crippen LogP contribution in [-0.4, -0.2) is 45.1 Å². The first-order chi connectivity index (χ1) is 14.2. The van der Waals surface area contributed by atoms with Crippen LogP contribution >= 0.6 is 12.6 Å². The van der Waals surface area contributed by atoms with Crippen LogP contribution in [0, 0.1) is 0 Å². The Balaban J connectivity index is 1.98. The highest BCUT2D eigenvalue weighted by Crippen LogP contribution is 2.38. The number of aromatic nitrogens is 2. The fourth-order valence-corrected chi connectivity index (χ4v) is 3.65. The third-order valence-corrected chi connectivity index (χ3v) is 5.12. The second kappa shape index (κ2) is 9.59. The maximum Gasteiger partial charge on any atom is 0.433 e. The molecule has 3 rings (SSSR count). The molecule has 3 atom stereocenters. The van der Waals surface area contributed by atoms with Crippen molar-refractivity contribution in [1.82, 2.24) is 9.78 Å². The van der Waals surface area contributed by atoms with Crippen LogP contribution in [0.4, 0.5) is 13.2 Å². The van der Waals surface area contributed by atoms with Crippen molar-refractivity contribution in [3.8, 4) is 5.88 Å². The molecule has 0 saturated carbocycles. The molecule has 6 nitrogen and oxygen atoms in total. The number of halogens is 3. The summed E-state index contributed by atoms with van der Waals surface area (Å²) in [6, 6.07) is 6.81. The lowest BCUT2D eigenvalue weighted by Gasteiger charge is -2.31. The van der Waals surface area contributed by atoms with Crippen LogP contribution in [0.2, 0.25) is 0 Å². The van der Waals surface area contributed by atoms with E-state index in [0.717, 1.165) is 4.68 Å². The van der Waals surface area contributed by atoms with Gasteiger partial charge in [-0.25, -0.2) is 0 Å². The molecule has 1 aliphatic heterocycles. The normalized spacial score (nSPS) is 22.3. The zero-order valence-electron chi connectivity index (χ0n) is 16.5. The molecule has 1 fully saturated rings. The van der Waals surface area contributed by atoms with E-state index in [1.807, 2.05) is 0 Å². The van der Waals surface area contributed by atoms with Gasteiger partial charge >= 0.3 is 6.18 Å². The van der Waals surface area contributed by atoms with Gasteiger partial charge in [-0.3, -0.25) is 4.68 Å². The van der Waals surface area contributed by atoms with Crippen molar-refractivity contribution in [3.05, 3.63) is 41.1 Å². The van der Waals surface area contributed by atoms with Crippen LogP contribution in [0.25, 0.3) is 0 Å². The first kappa shape index (κ1) is 22.9. The minimum Gasteiger partial charge on any atom is -0.446 e. The summed E-state index contributed by atoms with van der Waals surface area (Å²) < 4.78 is 54.0. The van der Waals surface area contributed by atoms with Crippen molar-refractivity contribution >= 4 is 12.6 Å². The molecular formula is C20H25F3N2O4S. The van der Waals surface area contributed by atoms with Crippen molar-refractivity contribution in [1.29, 1.82) is 0 Å². The Morgan fingerprint density at radius 3 is 2.57 bits per heavy atom. The standard InChI is InChI=1S/C20H25F3N2O4S/c1-2-7-25-18(20(21,22)23)16(8-12-3-5-15(30)6-4-12)19(24-25)29-17-10-13(27)9-14(11-26)28-17/h3-6,13-14,17,26-27,30H,2,7-11H2,1H3/t13-,14-,17-/m0/s1. The maximum atomic E-state index is 13.9. The van der Waals surface area contributed by atoms with E-state index < -0.39 is 30.4 Å². The number of aliphatic hydroxyl groups is 2. The second-order valence-corrected chi connectivity index (χ2v) is 7.83. The lowest BCUT2D eigenvalue weighted by molar-refractivity contribution is -0.186. The zero-order chi connectivity index (χ0) is 21.9. The second-order valence-electron chi connectivity index (χ2n) is 7.31. The summed E-state index contributed by atoms with van der Waals surface area (Å²) in [5.74, 6) is -0.179. The smallest absolute Gasteiger partial charge is 0.433 e. The van der Waals surface area contributed by atoms with E-state index >= 15 is 0 Å². The number of benzene rings is 1. The maximum absolute atomic E-state index is 13.9. The predicted molar refractivity (Wildman–Crippen MR) is 106 cm³/mol. The summed E-state index contributed by atoms with van der Waals surface area (Å²) in [6.07, 6.45) is -6.33. The monoisotopic (exact) mass is 446 g/mol. The summed E-state index contributed by atoms with van der Waals surface area (Å²) >= 11 is 4.21. The highest BCUT2D eigenvalue weighted by Gasteiger charge is 2.41. The van der Waals surface area contributed by atoms with Crippen molar-refractivity contribution < 1.29 is 32.9 Å². The van der Waals surface area contributed by atoms with Crippen LogP contribution in [0.1, 0.15) is 43.0 Å². The molecule has 30 heavy (non-hydrogen) atoms. The Labute approximate surface area is 178 Å². The first-order valence-corrected chi connectivity index (χ1v) is 10.2. The lowest BCUT2D eigenvalue weighted by Crippen LogP contribution is -2.40. The van der Waals surface area contributed by atoms with E-state index in [1.54, 1.807) is 31.2 Å². The van der Waals surface area contributed by atoms with Gasteiger partial charge in [-0.05, 0) is 24.1 Å². The summed E-state index contributed by atoms with van der Waals surface area (Å²) in [7, 11) is 0. The molecule has 2 aromatic rings. The van der Waals surface area contributed by atoms with Gasteiger partial charge in [0.1, 0.15) is 5.69 Å². The van der Waals surface area contributed by atoms with Gasteiger partial charge in [0, 0.05) is 30.7 Å². The number of alkyl halides is 3. The van der Waals surface area contributed by atoms with Crippen molar-refractivity contribution in [2.24, 2.45) is 0 Å². The molecule has 1 aromatic carbocycles. The topological polar surface area (TPSA) is 76.7 Å². The number of aliphatic hydroxyl groups excluding tert-OH is 2. The van der Waals surface area contributed by atoms with Crippen molar-refractivity contribution in [3.63, 3.8) is 0 Å². The first-order valence-electron chi connectivity index (χ1n) is 9.77. The van der Waals surface area contributed by atoms with Gasteiger partial charge in [0.25, 0.3) is 0 Å². The van der Waals surface area contributed by atoms with Crippen LogP contribution in [0.5, 0.6) is 5.88 Å². The number of aryl methyl sites for hydroxylation is 1. The van der Waals surface area contributed by atoms with E-state index in [0.29, 0.717) is 16.9 Å². The summed E-state index contributed by atoms with van der Waals surface area (Å²) in [5, 5.41) is 23.4. The summed E-state index contributed by atoms with van der Waals surface area (Å²) in [5.41, 5.74) is -0.298. The number of nitrogens with zero attached hydrogens (tertiary/aromatic N) is 2. The largest absolute Gasteiger partial charge is 0.446 e. The molecule has 0 amide bonds. The van der Waals surface area contributed by atoms with Crippen LogP contribution in [0.15, 0.2) is 29.2 Å². The molecule has 166 valence electrons. The van der Waals surface area contributed by atoms with Gasteiger partial charge < -0.3 is 19.7 Å². The fraction of sp³-hybridized carbons (Fsp3) is 0.550. The van der Waals surface area contributed by atoms with E-state index in [-0.39, 0.29) is 43.9 Å². The molecule has 0 aliphatic carbocycles. The average molecular weight is 446 g/mol. The predicted octanol–water partition coefficient (Wildman–Crippen LogP) is 3.43. The van der Waals surface area contributed by atoms with Gasteiger partial charge in [-0.2, -0.15) is 13.2 Å². The van der Waals surface area contributed by atoms with E-state index in [1.165, 1.54) is 0 Å². The Morgan fingerprint density at radius 2 is 1.97 bits per heavy atom. The number of hydrogen-bond donors (Lipinski definition) is 3. The van der Waals surface area contributed by atoms with E-state index in [2.05, 4.69) is 17.7 Å². The van der Waals surface area contributed by atoms with E-state index in [9.17, 15) is 23.4 Å². The Bertz CT molecular complexity index is 842. The van der Waals surface area contributed by atoms with Crippen LogP contribution in [-0.2, 0) is 23.9 Å². The van der Waals surface area contributed by atoms with Gasteiger partial charge in [-0.15, -0.1) is 17.7 Å². The van der Waals surface area contributed by atoms with Crippen molar-refractivity contribution in [2.75, 3.05) is 6.61 Å². The molecular weight excluding hydrogens is 421 g/mol. The zero-order valence-corrected chi connectivity index (χ0v) is 17.4. The molecule has 1 aromatic heterocycles. The number of rotatable bonds is 7. The minimum absolute atomic E-state index is 0.0410. The van der Waals surface area contributed by atoms with Gasteiger partial charge in [0.05, 0.1) is 24.4 Å². The molecule has 2 heterocycles.